The molecular formula is C14H18N4O3. The van der Waals surface area contributed by atoms with Crippen LogP contribution < -0.4 is 21.4 Å². The van der Waals surface area contributed by atoms with Gasteiger partial charge in [-0.3, -0.25) is 14.3 Å². The molecule has 7 heteroatoms. The molecule has 0 aliphatic heterocycles. The number of anilines is 1. The fourth-order valence-electron chi connectivity index (χ4n) is 1.87. The Kier molecular flexibility index (Phi) is 4.44. The molecule has 1 aromatic heterocycles. The zero-order valence-corrected chi connectivity index (χ0v) is 12.2. The standard InChI is InChI=1S/C14H18N4O3/c1-17(9-10-4-6-11(21-3)7-5-10)16-12-8-13(19)18(2)14(20)15-12/h4-8,16H,9H2,1-3H3,(H,15,20). The van der Waals surface area contributed by atoms with Crippen molar-refractivity contribution in [2.24, 2.45) is 7.05 Å². The Balaban J connectivity index is 2.05. The van der Waals surface area contributed by atoms with Gasteiger partial charge in [0.05, 0.1) is 7.11 Å². The van der Waals surface area contributed by atoms with Crippen LogP contribution in [-0.4, -0.2) is 28.7 Å². The lowest BCUT2D eigenvalue weighted by atomic mass is 10.2. The molecule has 2 N–H and O–H groups in total. The maximum absolute atomic E-state index is 11.5. The molecule has 0 aliphatic rings. The molecule has 21 heavy (non-hydrogen) atoms. The number of hydrogen-bond donors (Lipinski definition) is 2. The molecule has 0 spiro atoms. The van der Waals surface area contributed by atoms with E-state index in [1.54, 1.807) is 12.1 Å². The van der Waals surface area contributed by atoms with Crippen LogP contribution in [0.5, 0.6) is 5.75 Å². The molecule has 0 saturated heterocycles. The van der Waals surface area contributed by atoms with Crippen molar-refractivity contribution in [3.05, 3.63) is 56.7 Å². The van der Waals surface area contributed by atoms with Gasteiger partial charge in [-0.05, 0) is 17.7 Å². The van der Waals surface area contributed by atoms with Gasteiger partial charge >= 0.3 is 5.69 Å². The summed E-state index contributed by atoms with van der Waals surface area (Å²) < 4.78 is 6.11. The van der Waals surface area contributed by atoms with Crippen LogP contribution in [0.3, 0.4) is 0 Å². The van der Waals surface area contributed by atoms with Crippen molar-refractivity contribution in [3.8, 4) is 5.75 Å². The molecule has 0 atom stereocenters. The molecule has 2 rings (SSSR count). The van der Waals surface area contributed by atoms with Crippen LogP contribution in [0.1, 0.15) is 5.56 Å². The third-order valence-corrected chi connectivity index (χ3v) is 3.03. The SMILES string of the molecule is COc1ccc(CN(C)Nc2cc(=O)n(C)c(=O)[nH]2)cc1. The van der Waals surface area contributed by atoms with Gasteiger partial charge in [-0.25, -0.2) is 9.80 Å². The molecule has 1 aromatic carbocycles. The van der Waals surface area contributed by atoms with E-state index in [4.69, 9.17) is 4.74 Å². The van der Waals surface area contributed by atoms with E-state index in [1.165, 1.54) is 13.1 Å². The smallest absolute Gasteiger partial charge is 0.329 e. The molecule has 0 amide bonds. The van der Waals surface area contributed by atoms with Gasteiger partial charge in [0.1, 0.15) is 11.6 Å². The van der Waals surface area contributed by atoms with E-state index >= 15 is 0 Å². The number of nitrogens with zero attached hydrogens (tertiary/aromatic N) is 2. The number of aromatic nitrogens is 2. The highest BCUT2D eigenvalue weighted by molar-refractivity contribution is 5.31. The Morgan fingerprint density at radius 2 is 1.95 bits per heavy atom. The Morgan fingerprint density at radius 1 is 1.29 bits per heavy atom. The molecule has 0 aliphatic carbocycles. The minimum absolute atomic E-state index is 0.360. The molecule has 7 nitrogen and oxygen atoms in total. The number of methoxy groups -OCH3 is 1. The first-order valence-electron chi connectivity index (χ1n) is 6.40. The third kappa shape index (κ3) is 3.73. The minimum Gasteiger partial charge on any atom is -0.497 e. The van der Waals surface area contributed by atoms with Gasteiger partial charge in [-0.1, -0.05) is 12.1 Å². The summed E-state index contributed by atoms with van der Waals surface area (Å²) in [6.45, 7) is 0.598. The summed E-state index contributed by atoms with van der Waals surface area (Å²) in [6.07, 6.45) is 0. The Bertz CT molecular complexity index is 687. The molecular weight excluding hydrogens is 272 g/mol. The van der Waals surface area contributed by atoms with Crippen LogP contribution >= 0.6 is 0 Å². The van der Waals surface area contributed by atoms with Crippen LogP contribution in [0.25, 0.3) is 0 Å². The van der Waals surface area contributed by atoms with E-state index in [0.29, 0.717) is 12.4 Å². The van der Waals surface area contributed by atoms with Crippen molar-refractivity contribution >= 4 is 5.82 Å². The van der Waals surface area contributed by atoms with Crippen LogP contribution in [0.2, 0.25) is 0 Å². The number of aromatic amines is 1. The summed E-state index contributed by atoms with van der Waals surface area (Å²) in [6, 6.07) is 8.99. The summed E-state index contributed by atoms with van der Waals surface area (Å²) in [5.74, 6) is 1.16. The number of ether oxygens (including phenoxy) is 1. The zero-order valence-electron chi connectivity index (χ0n) is 12.2. The fraction of sp³-hybridized carbons (Fsp3) is 0.286. The minimum atomic E-state index is -0.456. The number of rotatable bonds is 5. The highest BCUT2D eigenvalue weighted by atomic mass is 16.5. The van der Waals surface area contributed by atoms with Gasteiger partial charge < -0.3 is 10.2 Å². The van der Waals surface area contributed by atoms with Crippen LogP contribution in [-0.2, 0) is 13.6 Å². The molecule has 0 bridgehead atoms. The van der Waals surface area contributed by atoms with Gasteiger partial charge in [0, 0.05) is 26.7 Å². The normalized spacial score (nSPS) is 10.7. The summed E-state index contributed by atoms with van der Waals surface area (Å²) >= 11 is 0. The predicted octanol–water partition coefficient (Wildman–Crippen LogP) is 0.541. The largest absolute Gasteiger partial charge is 0.497 e. The van der Waals surface area contributed by atoms with Crippen LogP contribution in [0.15, 0.2) is 39.9 Å². The van der Waals surface area contributed by atoms with Gasteiger partial charge in [-0.15, -0.1) is 0 Å². The van der Waals surface area contributed by atoms with E-state index in [-0.39, 0.29) is 5.56 Å². The quantitative estimate of drug-likeness (QED) is 0.786. The van der Waals surface area contributed by atoms with Gasteiger partial charge in [0.2, 0.25) is 0 Å². The predicted molar refractivity (Wildman–Crippen MR) is 80.4 cm³/mol. The topological polar surface area (TPSA) is 79.4 Å². The van der Waals surface area contributed by atoms with Crippen LogP contribution in [0, 0.1) is 0 Å². The van der Waals surface area contributed by atoms with Gasteiger partial charge in [0.25, 0.3) is 5.56 Å². The summed E-state index contributed by atoms with van der Waals surface area (Å²) in [5, 5.41) is 1.77. The molecule has 0 radical (unpaired) electrons. The van der Waals surface area contributed by atoms with Crippen LogP contribution in [0.4, 0.5) is 5.82 Å². The van der Waals surface area contributed by atoms with Crippen molar-refractivity contribution in [2.75, 3.05) is 19.6 Å². The van der Waals surface area contributed by atoms with E-state index in [2.05, 4.69) is 10.4 Å². The molecule has 1 heterocycles. The van der Waals surface area contributed by atoms with E-state index in [1.807, 2.05) is 31.3 Å². The molecule has 0 unspecified atom stereocenters. The molecule has 112 valence electrons. The Hall–Kier alpha value is -2.54. The number of hydrazine groups is 1. The van der Waals surface area contributed by atoms with E-state index in [0.717, 1.165) is 15.9 Å². The molecule has 2 aromatic rings. The number of nitrogens with one attached hydrogen (secondary N) is 2. The second-order valence-electron chi connectivity index (χ2n) is 4.70. The first-order chi connectivity index (χ1) is 9.99. The van der Waals surface area contributed by atoms with E-state index < -0.39 is 5.69 Å². The average Bonchev–Trinajstić information content (AvgIpc) is 2.45. The first-order valence-corrected chi connectivity index (χ1v) is 6.40. The first kappa shape index (κ1) is 14.9. The average molecular weight is 290 g/mol. The lowest BCUT2D eigenvalue weighted by Crippen LogP contribution is -2.34. The maximum atomic E-state index is 11.5. The summed E-state index contributed by atoms with van der Waals surface area (Å²) in [4.78, 5) is 25.6. The van der Waals surface area contributed by atoms with Crippen molar-refractivity contribution in [3.63, 3.8) is 0 Å². The van der Waals surface area contributed by atoms with Crippen molar-refractivity contribution in [1.82, 2.24) is 14.6 Å². The summed E-state index contributed by atoms with van der Waals surface area (Å²) in [7, 11) is 4.86. The number of benzene rings is 1. The van der Waals surface area contributed by atoms with Gasteiger partial charge in [0.15, 0.2) is 0 Å². The van der Waals surface area contributed by atoms with Gasteiger partial charge in [-0.2, -0.15) is 0 Å². The highest BCUT2D eigenvalue weighted by Gasteiger charge is 2.04. The fourth-order valence-corrected chi connectivity index (χ4v) is 1.87. The third-order valence-electron chi connectivity index (χ3n) is 3.03. The number of hydrogen-bond acceptors (Lipinski definition) is 5. The second-order valence-corrected chi connectivity index (χ2v) is 4.70. The monoisotopic (exact) mass is 290 g/mol. The molecule has 0 fully saturated rings. The second kappa shape index (κ2) is 6.27. The maximum Gasteiger partial charge on any atom is 0.329 e. The zero-order chi connectivity index (χ0) is 15.4. The Labute approximate surface area is 121 Å². The van der Waals surface area contributed by atoms with Crippen molar-refractivity contribution < 1.29 is 4.74 Å². The lowest BCUT2D eigenvalue weighted by molar-refractivity contribution is 0.391. The highest BCUT2D eigenvalue weighted by Crippen LogP contribution is 2.12. The summed E-state index contributed by atoms with van der Waals surface area (Å²) in [5.41, 5.74) is 3.21. The van der Waals surface area contributed by atoms with Crippen molar-refractivity contribution in [2.45, 2.75) is 6.54 Å². The van der Waals surface area contributed by atoms with Crippen molar-refractivity contribution in [1.29, 1.82) is 0 Å². The van der Waals surface area contributed by atoms with E-state index in [9.17, 15) is 9.59 Å². The number of H-pyrrole nitrogens is 1. The molecule has 0 saturated carbocycles. The lowest BCUT2D eigenvalue weighted by Gasteiger charge is -2.19. The Morgan fingerprint density at radius 3 is 2.52 bits per heavy atom.